The van der Waals surface area contributed by atoms with E-state index in [-0.39, 0.29) is 0 Å². The second-order valence-electron chi connectivity index (χ2n) is 14.5. The quantitative estimate of drug-likeness (QED) is 0.105. The van der Waals surface area contributed by atoms with Crippen molar-refractivity contribution in [2.75, 3.05) is 4.90 Å². The maximum atomic E-state index is 2.43. The van der Waals surface area contributed by atoms with Crippen LogP contribution in [0.15, 0.2) is 237 Å². The summed E-state index contributed by atoms with van der Waals surface area (Å²) in [7, 11) is -2.68. The molecular weight excluding hydrogens is 723 g/mol. The van der Waals surface area contributed by atoms with Crippen LogP contribution in [0.4, 0.5) is 17.1 Å². The van der Waals surface area contributed by atoms with Gasteiger partial charge in [-0.05, 0) is 97.6 Å². The summed E-state index contributed by atoms with van der Waals surface area (Å²) in [6, 6.07) is 87.1. The summed E-state index contributed by atoms with van der Waals surface area (Å²) in [4.78, 5) is 2.43. The van der Waals surface area contributed by atoms with Crippen molar-refractivity contribution in [2.24, 2.45) is 0 Å². The van der Waals surface area contributed by atoms with Gasteiger partial charge in [-0.3, -0.25) is 0 Å². The third kappa shape index (κ3) is 6.37. The van der Waals surface area contributed by atoms with Crippen LogP contribution in [0.1, 0.15) is 0 Å². The number of thiophene rings is 1. The lowest BCUT2D eigenvalue weighted by Crippen LogP contribution is -2.74. The van der Waals surface area contributed by atoms with E-state index >= 15 is 0 Å². The minimum absolute atomic E-state index is 1.12. The fourth-order valence-electron chi connectivity index (χ4n) is 8.54. The average molecular weight is 762 g/mol. The highest BCUT2D eigenvalue weighted by atomic mass is 32.1. The molecule has 1 heterocycles. The van der Waals surface area contributed by atoms with E-state index in [4.69, 9.17) is 0 Å². The lowest BCUT2D eigenvalue weighted by Gasteiger charge is -2.35. The number of nitrogens with zero attached hydrogens (tertiary/aromatic N) is 1. The lowest BCUT2D eigenvalue weighted by atomic mass is 10.0. The maximum Gasteiger partial charge on any atom is 0.179 e. The van der Waals surface area contributed by atoms with Crippen LogP contribution in [-0.2, 0) is 0 Å². The van der Waals surface area contributed by atoms with Crippen LogP contribution in [0.25, 0.3) is 42.4 Å². The Kier molecular flexibility index (Phi) is 9.15. The average Bonchev–Trinajstić information content (AvgIpc) is 3.66. The van der Waals surface area contributed by atoms with Gasteiger partial charge in [0.15, 0.2) is 8.07 Å². The Bertz CT molecular complexity index is 2830. The summed E-state index contributed by atoms with van der Waals surface area (Å²) in [6.07, 6.45) is 0. The third-order valence-corrected chi connectivity index (χ3v) is 17.2. The minimum Gasteiger partial charge on any atom is -0.310 e. The van der Waals surface area contributed by atoms with Gasteiger partial charge >= 0.3 is 0 Å². The smallest absolute Gasteiger partial charge is 0.179 e. The molecule has 10 rings (SSSR count). The van der Waals surface area contributed by atoms with Crippen molar-refractivity contribution >= 4 is 77.4 Å². The molecule has 57 heavy (non-hydrogen) atoms. The van der Waals surface area contributed by atoms with Crippen LogP contribution in [0.5, 0.6) is 0 Å². The fraction of sp³-hybridized carbons (Fsp3) is 0. The molecule has 0 radical (unpaired) electrons. The van der Waals surface area contributed by atoms with Crippen molar-refractivity contribution in [3.05, 3.63) is 237 Å². The number of hydrogen-bond acceptors (Lipinski definition) is 2. The number of fused-ring (bicyclic) bond motifs is 3. The number of rotatable bonds is 9. The van der Waals surface area contributed by atoms with Crippen molar-refractivity contribution in [3.63, 3.8) is 0 Å². The van der Waals surface area contributed by atoms with Crippen LogP contribution < -0.4 is 25.6 Å². The Hall–Kier alpha value is -6.78. The predicted octanol–water partition coefficient (Wildman–Crippen LogP) is 12.2. The SMILES string of the molecule is c1ccc(-c2cccc(N(c3ccc([Si](c4ccccc4)(c4ccccc4)c4ccccc4)cc3)c3ccc4sc5ccc(-c6ccccc6)cc5c4c3)c2)cc1. The van der Waals surface area contributed by atoms with E-state index in [0.29, 0.717) is 0 Å². The molecule has 0 aliphatic carbocycles. The van der Waals surface area contributed by atoms with E-state index in [9.17, 15) is 0 Å². The van der Waals surface area contributed by atoms with Crippen molar-refractivity contribution in [2.45, 2.75) is 0 Å². The van der Waals surface area contributed by atoms with Gasteiger partial charge in [-0.2, -0.15) is 0 Å². The molecule has 0 atom stereocenters. The summed E-state index contributed by atoms with van der Waals surface area (Å²) in [5.41, 5.74) is 8.22. The largest absolute Gasteiger partial charge is 0.310 e. The molecule has 0 N–H and O–H groups in total. The van der Waals surface area contributed by atoms with Gasteiger partial charge in [-0.25, -0.2) is 0 Å². The predicted molar refractivity (Wildman–Crippen MR) is 249 cm³/mol. The molecule has 10 aromatic rings. The molecule has 270 valence electrons. The summed E-state index contributed by atoms with van der Waals surface area (Å²) >= 11 is 1.86. The number of anilines is 3. The van der Waals surface area contributed by atoms with Gasteiger partial charge in [0.25, 0.3) is 0 Å². The van der Waals surface area contributed by atoms with E-state index in [0.717, 1.165) is 17.1 Å². The van der Waals surface area contributed by atoms with E-state index < -0.39 is 8.07 Å². The molecule has 0 aliphatic heterocycles. The minimum atomic E-state index is -2.68. The summed E-state index contributed by atoms with van der Waals surface area (Å²) in [6.45, 7) is 0. The van der Waals surface area contributed by atoms with Crippen LogP contribution in [-0.4, -0.2) is 8.07 Å². The monoisotopic (exact) mass is 761 g/mol. The van der Waals surface area contributed by atoms with Gasteiger partial charge in [0.1, 0.15) is 0 Å². The molecule has 0 spiro atoms. The molecule has 0 saturated heterocycles. The highest BCUT2D eigenvalue weighted by Crippen LogP contribution is 2.42. The zero-order chi connectivity index (χ0) is 38.0. The zero-order valence-corrected chi connectivity index (χ0v) is 33.2. The maximum absolute atomic E-state index is 2.68. The Labute approximate surface area is 339 Å². The number of hydrogen-bond donors (Lipinski definition) is 0. The Balaban J connectivity index is 1.16. The second kappa shape index (κ2) is 15.0. The molecule has 0 unspecified atom stereocenters. The topological polar surface area (TPSA) is 3.24 Å². The summed E-state index contributed by atoms with van der Waals surface area (Å²) in [5, 5.41) is 8.01. The lowest BCUT2D eigenvalue weighted by molar-refractivity contribution is 1.29. The first-order chi connectivity index (χ1) is 28.3. The van der Waals surface area contributed by atoms with Gasteiger partial charge in [-0.1, -0.05) is 182 Å². The third-order valence-electron chi connectivity index (χ3n) is 11.2. The molecule has 9 aromatic carbocycles. The zero-order valence-electron chi connectivity index (χ0n) is 31.4. The van der Waals surface area contributed by atoms with E-state index in [1.54, 1.807) is 0 Å². The molecule has 1 nitrogen and oxygen atoms in total. The van der Waals surface area contributed by atoms with Crippen LogP contribution in [0, 0.1) is 0 Å². The molecule has 0 aliphatic rings. The van der Waals surface area contributed by atoms with E-state index in [2.05, 4.69) is 241 Å². The van der Waals surface area contributed by atoms with Gasteiger partial charge in [0, 0.05) is 37.2 Å². The van der Waals surface area contributed by atoms with Crippen molar-refractivity contribution in [1.29, 1.82) is 0 Å². The van der Waals surface area contributed by atoms with Gasteiger partial charge in [0.05, 0.1) is 0 Å². The van der Waals surface area contributed by atoms with Crippen molar-refractivity contribution in [3.8, 4) is 22.3 Å². The van der Waals surface area contributed by atoms with Crippen molar-refractivity contribution < 1.29 is 0 Å². The van der Waals surface area contributed by atoms with E-state index in [1.807, 2.05) is 11.3 Å². The number of benzene rings is 9. The van der Waals surface area contributed by atoms with Crippen LogP contribution >= 0.6 is 11.3 Å². The molecular formula is C54H39NSSi. The first-order valence-electron chi connectivity index (χ1n) is 19.5. The molecule has 0 bridgehead atoms. The normalized spacial score (nSPS) is 11.5. The highest BCUT2D eigenvalue weighted by Gasteiger charge is 2.41. The Morgan fingerprint density at radius 2 is 0.684 bits per heavy atom. The van der Waals surface area contributed by atoms with Crippen LogP contribution in [0.3, 0.4) is 0 Å². The molecule has 1 aromatic heterocycles. The Morgan fingerprint density at radius 1 is 0.281 bits per heavy atom. The first kappa shape index (κ1) is 34.7. The van der Waals surface area contributed by atoms with Gasteiger partial charge in [-0.15, -0.1) is 11.3 Å². The summed E-state index contributed by atoms with van der Waals surface area (Å²) in [5.74, 6) is 0. The molecule has 0 amide bonds. The second-order valence-corrected chi connectivity index (χ2v) is 19.4. The van der Waals surface area contributed by atoms with Crippen molar-refractivity contribution in [1.82, 2.24) is 0 Å². The van der Waals surface area contributed by atoms with Crippen LogP contribution in [0.2, 0.25) is 0 Å². The first-order valence-corrected chi connectivity index (χ1v) is 22.3. The molecule has 0 saturated carbocycles. The standard InChI is InChI=1S/C54H39NSSi/c1-6-17-40(18-7-1)42-21-16-22-45(37-42)55(46-32-36-54-52(39-46)51-38-43(29-35-53(51)56-54)41-19-8-2-9-20-41)44-30-33-50(34-31-44)57(47-23-10-3-11-24-47,48-25-12-4-13-26-48)49-27-14-5-15-28-49/h1-39H. The molecule has 0 fully saturated rings. The summed E-state index contributed by atoms with van der Waals surface area (Å²) < 4.78 is 2.59. The van der Waals surface area contributed by atoms with Gasteiger partial charge in [0.2, 0.25) is 0 Å². The Morgan fingerprint density at radius 3 is 1.23 bits per heavy atom. The van der Waals surface area contributed by atoms with E-state index in [1.165, 1.54) is 63.2 Å². The highest BCUT2D eigenvalue weighted by molar-refractivity contribution is 7.25. The molecule has 3 heteroatoms. The fourth-order valence-corrected chi connectivity index (χ4v) is 14.4. The van der Waals surface area contributed by atoms with Gasteiger partial charge < -0.3 is 4.90 Å².